The molecular formula is C20H28O2. The summed E-state index contributed by atoms with van der Waals surface area (Å²) in [7, 11) is 0. The molecule has 1 aliphatic rings. The van der Waals surface area contributed by atoms with Gasteiger partial charge in [0.2, 0.25) is 0 Å². The van der Waals surface area contributed by atoms with Crippen LogP contribution in [0.1, 0.15) is 69.4 Å². The van der Waals surface area contributed by atoms with Gasteiger partial charge in [-0.25, -0.2) is 0 Å². The molecular weight excluding hydrogens is 272 g/mol. The fourth-order valence-electron chi connectivity index (χ4n) is 2.83. The Morgan fingerprint density at radius 1 is 0.955 bits per heavy atom. The van der Waals surface area contributed by atoms with Gasteiger partial charge in [0.1, 0.15) is 5.75 Å². The van der Waals surface area contributed by atoms with Crippen LogP contribution in [-0.2, 0) is 11.2 Å². The van der Waals surface area contributed by atoms with Crippen LogP contribution in [0.15, 0.2) is 24.3 Å². The maximum Gasteiger partial charge on any atom is 0.160 e. The van der Waals surface area contributed by atoms with Crippen molar-refractivity contribution in [1.82, 2.24) is 0 Å². The molecule has 0 amide bonds. The highest BCUT2D eigenvalue weighted by Crippen LogP contribution is 2.23. The highest BCUT2D eigenvalue weighted by atomic mass is 16.5. The van der Waals surface area contributed by atoms with Crippen molar-refractivity contribution in [3.8, 4) is 5.75 Å². The summed E-state index contributed by atoms with van der Waals surface area (Å²) in [5, 5.41) is 0. The number of ketones is 1. The second kappa shape index (κ2) is 9.45. The minimum atomic E-state index is 0.181. The Balaban J connectivity index is 1.60. The van der Waals surface area contributed by atoms with Gasteiger partial charge in [0.05, 0.1) is 6.61 Å². The predicted molar refractivity (Wildman–Crippen MR) is 92.3 cm³/mol. The van der Waals surface area contributed by atoms with Crippen molar-refractivity contribution < 1.29 is 9.53 Å². The van der Waals surface area contributed by atoms with Gasteiger partial charge in [-0.05, 0) is 35.8 Å². The van der Waals surface area contributed by atoms with Crippen molar-refractivity contribution in [3.63, 3.8) is 0 Å². The summed E-state index contributed by atoms with van der Waals surface area (Å²) in [5.74, 6) is 1.10. The van der Waals surface area contributed by atoms with Crippen molar-refractivity contribution in [1.29, 1.82) is 0 Å². The fraction of sp³-hybridized carbons (Fsp3) is 0.550. The number of ether oxygens (including phenoxy) is 1. The van der Waals surface area contributed by atoms with E-state index in [-0.39, 0.29) is 5.78 Å². The normalized spacial score (nSPS) is 13.2. The standard InChI is InChI=1S/C20H28O2/c1-2-3-4-5-6-7-8-9-14-22-20-13-11-17-15-19(21)12-10-18(17)16-20/h10-13,16H,2-9,14-15H2,1H3. The molecule has 0 saturated heterocycles. The number of hydrogen-bond acceptors (Lipinski definition) is 2. The van der Waals surface area contributed by atoms with Gasteiger partial charge >= 0.3 is 0 Å². The first-order valence-electron chi connectivity index (χ1n) is 8.76. The Labute approximate surface area is 134 Å². The number of benzene rings is 1. The zero-order chi connectivity index (χ0) is 15.6. The van der Waals surface area contributed by atoms with Crippen LogP contribution in [0.5, 0.6) is 5.75 Å². The molecule has 0 saturated carbocycles. The van der Waals surface area contributed by atoms with E-state index in [4.69, 9.17) is 4.74 Å². The zero-order valence-corrected chi connectivity index (χ0v) is 13.8. The summed E-state index contributed by atoms with van der Waals surface area (Å²) in [4.78, 5) is 11.3. The molecule has 1 aromatic rings. The van der Waals surface area contributed by atoms with Crippen LogP contribution in [-0.4, -0.2) is 12.4 Å². The first kappa shape index (κ1) is 16.8. The Morgan fingerprint density at radius 2 is 1.68 bits per heavy atom. The van der Waals surface area contributed by atoms with E-state index in [1.807, 2.05) is 24.3 Å². The van der Waals surface area contributed by atoms with Crippen LogP contribution in [0.4, 0.5) is 0 Å². The molecule has 0 N–H and O–H groups in total. The van der Waals surface area contributed by atoms with Gasteiger partial charge in [-0.3, -0.25) is 4.79 Å². The summed E-state index contributed by atoms with van der Waals surface area (Å²) < 4.78 is 5.83. The largest absolute Gasteiger partial charge is 0.494 e. The van der Waals surface area contributed by atoms with Gasteiger partial charge in [0.15, 0.2) is 5.78 Å². The van der Waals surface area contributed by atoms with Gasteiger partial charge < -0.3 is 4.74 Å². The molecule has 2 rings (SSSR count). The van der Waals surface area contributed by atoms with Crippen molar-refractivity contribution in [3.05, 3.63) is 35.4 Å². The minimum absolute atomic E-state index is 0.181. The van der Waals surface area contributed by atoms with Crippen LogP contribution >= 0.6 is 0 Å². The molecule has 0 fully saturated rings. The maximum absolute atomic E-state index is 11.3. The van der Waals surface area contributed by atoms with Gasteiger partial charge in [0.25, 0.3) is 0 Å². The molecule has 0 atom stereocenters. The van der Waals surface area contributed by atoms with E-state index in [1.54, 1.807) is 6.08 Å². The second-order valence-corrected chi connectivity index (χ2v) is 6.16. The molecule has 120 valence electrons. The first-order chi connectivity index (χ1) is 10.8. The van der Waals surface area contributed by atoms with Crippen LogP contribution < -0.4 is 4.74 Å². The molecule has 1 aromatic carbocycles. The third-order valence-corrected chi connectivity index (χ3v) is 4.20. The molecule has 2 nitrogen and oxygen atoms in total. The number of rotatable bonds is 10. The lowest BCUT2D eigenvalue weighted by atomic mass is 9.96. The molecule has 0 unspecified atom stereocenters. The number of allylic oxidation sites excluding steroid dienone is 1. The minimum Gasteiger partial charge on any atom is -0.494 e. The third-order valence-electron chi connectivity index (χ3n) is 4.20. The Morgan fingerprint density at radius 3 is 2.45 bits per heavy atom. The van der Waals surface area contributed by atoms with Crippen LogP contribution in [0.2, 0.25) is 0 Å². The van der Waals surface area contributed by atoms with Gasteiger partial charge in [-0.15, -0.1) is 0 Å². The molecule has 0 bridgehead atoms. The molecule has 22 heavy (non-hydrogen) atoms. The van der Waals surface area contributed by atoms with E-state index >= 15 is 0 Å². The maximum atomic E-state index is 11.3. The van der Waals surface area contributed by atoms with E-state index in [0.717, 1.165) is 29.9 Å². The first-order valence-corrected chi connectivity index (χ1v) is 8.76. The molecule has 2 heteroatoms. The van der Waals surface area contributed by atoms with Crippen molar-refractivity contribution in [2.45, 2.75) is 64.7 Å². The van der Waals surface area contributed by atoms with E-state index in [0.29, 0.717) is 6.42 Å². The van der Waals surface area contributed by atoms with E-state index in [1.165, 1.54) is 44.9 Å². The second-order valence-electron chi connectivity index (χ2n) is 6.16. The quantitative estimate of drug-likeness (QED) is 0.545. The zero-order valence-electron chi connectivity index (χ0n) is 13.8. The van der Waals surface area contributed by atoms with Crippen molar-refractivity contribution >= 4 is 11.9 Å². The SMILES string of the molecule is CCCCCCCCCCOc1ccc2c(c1)C=CC(=O)C2. The average molecular weight is 300 g/mol. The number of fused-ring (bicyclic) bond motifs is 1. The van der Waals surface area contributed by atoms with Gasteiger partial charge in [0, 0.05) is 6.42 Å². The lowest BCUT2D eigenvalue weighted by molar-refractivity contribution is -0.114. The van der Waals surface area contributed by atoms with Crippen LogP contribution in [0.3, 0.4) is 0 Å². The Hall–Kier alpha value is -1.57. The van der Waals surface area contributed by atoms with Crippen molar-refractivity contribution in [2.24, 2.45) is 0 Å². The van der Waals surface area contributed by atoms with Crippen molar-refractivity contribution in [2.75, 3.05) is 6.61 Å². The number of unbranched alkanes of at least 4 members (excludes halogenated alkanes) is 7. The number of hydrogen-bond donors (Lipinski definition) is 0. The van der Waals surface area contributed by atoms with E-state index < -0.39 is 0 Å². The highest BCUT2D eigenvalue weighted by molar-refractivity contribution is 5.98. The molecule has 0 aromatic heterocycles. The lowest BCUT2D eigenvalue weighted by Crippen LogP contribution is -2.05. The number of carbonyl (C=O) groups is 1. The number of carbonyl (C=O) groups excluding carboxylic acids is 1. The predicted octanol–water partition coefficient (Wildman–Crippen LogP) is 5.34. The van der Waals surface area contributed by atoms with Crippen LogP contribution in [0.25, 0.3) is 6.08 Å². The monoisotopic (exact) mass is 300 g/mol. The van der Waals surface area contributed by atoms with Gasteiger partial charge in [-0.1, -0.05) is 64.0 Å². The molecule has 0 aliphatic heterocycles. The van der Waals surface area contributed by atoms with E-state index in [2.05, 4.69) is 6.92 Å². The average Bonchev–Trinajstić information content (AvgIpc) is 2.53. The molecule has 1 aliphatic carbocycles. The smallest absolute Gasteiger partial charge is 0.160 e. The molecule has 0 heterocycles. The van der Waals surface area contributed by atoms with Gasteiger partial charge in [-0.2, -0.15) is 0 Å². The van der Waals surface area contributed by atoms with Crippen LogP contribution in [0, 0.1) is 0 Å². The molecule has 0 radical (unpaired) electrons. The third kappa shape index (κ3) is 5.67. The summed E-state index contributed by atoms with van der Waals surface area (Å²) in [6.45, 7) is 3.04. The summed E-state index contributed by atoms with van der Waals surface area (Å²) in [6.07, 6.45) is 14.6. The van der Waals surface area contributed by atoms with E-state index in [9.17, 15) is 4.79 Å². The summed E-state index contributed by atoms with van der Waals surface area (Å²) in [6, 6.07) is 6.04. The Bertz CT molecular complexity index is 502. The Kier molecular flexibility index (Phi) is 7.21. The molecule has 0 spiro atoms. The fourth-order valence-corrected chi connectivity index (χ4v) is 2.83. The summed E-state index contributed by atoms with van der Waals surface area (Å²) >= 11 is 0. The highest BCUT2D eigenvalue weighted by Gasteiger charge is 2.10. The lowest BCUT2D eigenvalue weighted by Gasteiger charge is -2.12. The summed E-state index contributed by atoms with van der Waals surface area (Å²) in [5.41, 5.74) is 2.22. The topological polar surface area (TPSA) is 26.3 Å².